The Kier molecular flexibility index (Phi) is 3.15. The first-order valence-electron chi connectivity index (χ1n) is 6.06. The maximum atomic E-state index is 6.09. The Morgan fingerprint density at radius 3 is 2.29 bits per heavy atom. The van der Waals surface area contributed by atoms with Gasteiger partial charge in [-0.3, -0.25) is 0 Å². The molecule has 1 fully saturated rings. The number of rotatable bonds is 4. The van der Waals surface area contributed by atoms with Crippen LogP contribution in [0.25, 0.3) is 0 Å². The number of ether oxygens (including phenoxy) is 2. The molecule has 0 radical (unpaired) electrons. The van der Waals surface area contributed by atoms with Crippen molar-refractivity contribution in [2.24, 2.45) is 5.73 Å². The molecule has 2 rings (SSSR count). The van der Waals surface area contributed by atoms with E-state index in [1.165, 1.54) is 5.56 Å². The molecule has 1 aromatic rings. The molecule has 0 spiro atoms. The van der Waals surface area contributed by atoms with Crippen LogP contribution in [-0.4, -0.2) is 19.3 Å². The molecule has 1 heterocycles. The second-order valence-electron chi connectivity index (χ2n) is 5.30. The second-order valence-corrected chi connectivity index (χ2v) is 5.30. The van der Waals surface area contributed by atoms with Gasteiger partial charge >= 0.3 is 0 Å². The van der Waals surface area contributed by atoms with Gasteiger partial charge in [-0.25, -0.2) is 0 Å². The van der Waals surface area contributed by atoms with E-state index in [4.69, 9.17) is 15.2 Å². The van der Waals surface area contributed by atoms with E-state index in [2.05, 4.69) is 26.0 Å². The van der Waals surface area contributed by atoms with Gasteiger partial charge in [-0.05, 0) is 44.5 Å². The highest BCUT2D eigenvalue weighted by Crippen LogP contribution is 2.50. The summed E-state index contributed by atoms with van der Waals surface area (Å²) >= 11 is 0. The van der Waals surface area contributed by atoms with Gasteiger partial charge in [-0.15, -0.1) is 0 Å². The van der Waals surface area contributed by atoms with Crippen LogP contribution in [0.15, 0.2) is 24.3 Å². The van der Waals surface area contributed by atoms with Gasteiger partial charge in [0.1, 0.15) is 5.75 Å². The highest BCUT2D eigenvalue weighted by molar-refractivity contribution is 5.33. The third kappa shape index (κ3) is 2.31. The van der Waals surface area contributed by atoms with Crippen molar-refractivity contribution < 1.29 is 9.47 Å². The molecule has 94 valence electrons. The number of hydrogen-bond donors (Lipinski definition) is 1. The molecule has 1 saturated heterocycles. The van der Waals surface area contributed by atoms with E-state index in [9.17, 15) is 0 Å². The first kappa shape index (κ1) is 12.4. The Balaban J connectivity index is 2.22. The largest absolute Gasteiger partial charge is 0.497 e. The standard InChI is InChI=1S/C14H21NO2/c1-13(2)10-14(17-13,8-9-15)11-4-6-12(16-3)7-5-11/h4-7H,8-10,15H2,1-3H3. The van der Waals surface area contributed by atoms with Crippen LogP contribution in [0, 0.1) is 0 Å². The Morgan fingerprint density at radius 2 is 1.88 bits per heavy atom. The molecule has 0 saturated carbocycles. The monoisotopic (exact) mass is 235 g/mol. The minimum absolute atomic E-state index is 0.0326. The van der Waals surface area contributed by atoms with Crippen molar-refractivity contribution >= 4 is 0 Å². The third-order valence-corrected chi connectivity index (χ3v) is 3.35. The first-order chi connectivity index (χ1) is 8.01. The number of nitrogens with two attached hydrogens (primary N) is 1. The average molecular weight is 235 g/mol. The van der Waals surface area contributed by atoms with Gasteiger partial charge in [0.15, 0.2) is 0 Å². The van der Waals surface area contributed by atoms with Gasteiger partial charge in [0.25, 0.3) is 0 Å². The lowest BCUT2D eigenvalue weighted by Gasteiger charge is -2.53. The summed E-state index contributed by atoms with van der Waals surface area (Å²) < 4.78 is 11.3. The Labute approximate surface area is 103 Å². The molecule has 3 nitrogen and oxygen atoms in total. The molecule has 1 unspecified atom stereocenters. The highest BCUT2D eigenvalue weighted by Gasteiger charge is 2.50. The van der Waals surface area contributed by atoms with E-state index >= 15 is 0 Å². The number of hydrogen-bond acceptors (Lipinski definition) is 3. The van der Waals surface area contributed by atoms with Gasteiger partial charge in [-0.1, -0.05) is 12.1 Å². The summed E-state index contributed by atoms with van der Waals surface area (Å²) in [4.78, 5) is 0. The zero-order chi connectivity index (χ0) is 12.5. The Hall–Kier alpha value is -1.06. The molecule has 0 bridgehead atoms. The van der Waals surface area contributed by atoms with Crippen LogP contribution in [-0.2, 0) is 10.3 Å². The minimum atomic E-state index is -0.190. The maximum Gasteiger partial charge on any atom is 0.118 e. The Morgan fingerprint density at radius 1 is 1.29 bits per heavy atom. The topological polar surface area (TPSA) is 44.5 Å². The van der Waals surface area contributed by atoms with Crippen LogP contribution in [0.2, 0.25) is 0 Å². The van der Waals surface area contributed by atoms with Gasteiger partial charge in [-0.2, -0.15) is 0 Å². The van der Waals surface area contributed by atoms with Crippen molar-refractivity contribution in [3.05, 3.63) is 29.8 Å². The van der Waals surface area contributed by atoms with Gasteiger partial charge in [0, 0.05) is 6.42 Å². The molecule has 0 aliphatic carbocycles. The Bertz CT molecular complexity index is 376. The molecule has 17 heavy (non-hydrogen) atoms. The zero-order valence-electron chi connectivity index (χ0n) is 10.8. The van der Waals surface area contributed by atoms with Gasteiger partial charge < -0.3 is 15.2 Å². The van der Waals surface area contributed by atoms with Crippen molar-refractivity contribution in [2.45, 2.75) is 37.9 Å². The molecule has 3 heteroatoms. The second kappa shape index (κ2) is 4.31. The predicted octanol–water partition coefficient (Wildman–Crippen LogP) is 2.44. The van der Waals surface area contributed by atoms with Crippen molar-refractivity contribution in [2.75, 3.05) is 13.7 Å². The number of methoxy groups -OCH3 is 1. The van der Waals surface area contributed by atoms with Crippen molar-refractivity contribution in [3.8, 4) is 5.75 Å². The summed E-state index contributed by atoms with van der Waals surface area (Å²) in [6.45, 7) is 4.87. The molecule has 1 aromatic carbocycles. The minimum Gasteiger partial charge on any atom is -0.497 e. The molecule has 1 atom stereocenters. The van der Waals surface area contributed by atoms with Gasteiger partial charge in [0.05, 0.1) is 18.3 Å². The normalized spacial score (nSPS) is 26.4. The fourth-order valence-electron chi connectivity index (χ4n) is 2.78. The maximum absolute atomic E-state index is 6.09. The quantitative estimate of drug-likeness (QED) is 0.871. The summed E-state index contributed by atoms with van der Waals surface area (Å²) in [5, 5.41) is 0. The van der Waals surface area contributed by atoms with E-state index in [1.54, 1.807) is 7.11 Å². The molecule has 1 aliphatic heterocycles. The lowest BCUT2D eigenvalue weighted by molar-refractivity contribution is -0.266. The molecular formula is C14H21NO2. The lowest BCUT2D eigenvalue weighted by Crippen LogP contribution is -2.55. The summed E-state index contributed by atoms with van der Waals surface area (Å²) in [7, 11) is 1.67. The first-order valence-corrected chi connectivity index (χ1v) is 6.06. The molecular weight excluding hydrogens is 214 g/mol. The molecule has 0 amide bonds. The molecule has 0 aromatic heterocycles. The fraction of sp³-hybridized carbons (Fsp3) is 0.571. The SMILES string of the molecule is COc1ccc(C2(CCN)CC(C)(C)O2)cc1. The summed E-state index contributed by atoms with van der Waals surface area (Å²) in [5.74, 6) is 0.871. The van der Waals surface area contributed by atoms with Crippen LogP contribution in [0.3, 0.4) is 0 Å². The van der Waals surface area contributed by atoms with E-state index in [-0.39, 0.29) is 11.2 Å². The van der Waals surface area contributed by atoms with E-state index < -0.39 is 0 Å². The molecule has 1 aliphatic rings. The predicted molar refractivity (Wildman–Crippen MR) is 68.1 cm³/mol. The van der Waals surface area contributed by atoms with Crippen LogP contribution < -0.4 is 10.5 Å². The van der Waals surface area contributed by atoms with Crippen molar-refractivity contribution in [3.63, 3.8) is 0 Å². The fourth-order valence-corrected chi connectivity index (χ4v) is 2.78. The molecule has 2 N–H and O–H groups in total. The highest BCUT2D eigenvalue weighted by atomic mass is 16.5. The van der Waals surface area contributed by atoms with Crippen LogP contribution in [0.4, 0.5) is 0 Å². The van der Waals surface area contributed by atoms with E-state index in [1.807, 2.05) is 12.1 Å². The summed E-state index contributed by atoms with van der Waals surface area (Å²) in [6.07, 6.45) is 1.88. The smallest absolute Gasteiger partial charge is 0.118 e. The average Bonchev–Trinajstić information content (AvgIpc) is 2.27. The third-order valence-electron chi connectivity index (χ3n) is 3.35. The van der Waals surface area contributed by atoms with E-state index in [0.717, 1.165) is 18.6 Å². The van der Waals surface area contributed by atoms with Gasteiger partial charge in [0.2, 0.25) is 0 Å². The van der Waals surface area contributed by atoms with Crippen LogP contribution in [0.5, 0.6) is 5.75 Å². The summed E-state index contributed by atoms with van der Waals surface area (Å²) in [6, 6.07) is 8.10. The van der Waals surface area contributed by atoms with Crippen LogP contribution >= 0.6 is 0 Å². The van der Waals surface area contributed by atoms with E-state index in [0.29, 0.717) is 6.54 Å². The van der Waals surface area contributed by atoms with Crippen LogP contribution in [0.1, 0.15) is 32.3 Å². The zero-order valence-corrected chi connectivity index (χ0v) is 10.8. The summed E-state index contributed by atoms with van der Waals surface area (Å²) in [5.41, 5.74) is 6.68. The number of benzene rings is 1. The van der Waals surface area contributed by atoms with Crippen molar-refractivity contribution in [1.82, 2.24) is 0 Å². The van der Waals surface area contributed by atoms with Crippen molar-refractivity contribution in [1.29, 1.82) is 0 Å². The lowest BCUT2D eigenvalue weighted by atomic mass is 9.74.